The lowest BCUT2D eigenvalue weighted by molar-refractivity contribution is -0.384. The van der Waals surface area contributed by atoms with E-state index in [0.717, 1.165) is 11.6 Å². The maximum atomic E-state index is 12.7. The van der Waals surface area contributed by atoms with E-state index in [9.17, 15) is 32.9 Å². The van der Waals surface area contributed by atoms with E-state index in [4.69, 9.17) is 0 Å². The molecular weight excluding hydrogens is 417 g/mol. The summed E-state index contributed by atoms with van der Waals surface area (Å²) in [5.41, 5.74) is 3.20. The molecule has 0 heterocycles. The van der Waals surface area contributed by atoms with Crippen molar-refractivity contribution in [1.82, 2.24) is 10.7 Å². The van der Waals surface area contributed by atoms with Crippen molar-refractivity contribution in [3.63, 3.8) is 0 Å². The fourth-order valence-corrected chi connectivity index (χ4v) is 2.53. The number of benzene rings is 2. The standard InChI is InChI=1S/C20H21F3N4O4/c1-19(2,3)13-6-4-12(5-7-13)18(29)24-11-17(28)26-25-15-9-8-14(20(21,22)23)10-16(15)27(30)31/h4-10,25H,11H2,1-3H3,(H,24,29)(H,26,28). The number of nitrogens with one attached hydrogen (secondary N) is 3. The molecule has 0 unspecified atom stereocenters. The number of alkyl halides is 3. The van der Waals surface area contributed by atoms with Crippen molar-refractivity contribution >= 4 is 23.2 Å². The Labute approximate surface area is 176 Å². The van der Waals surface area contributed by atoms with Crippen LogP contribution in [0.3, 0.4) is 0 Å². The summed E-state index contributed by atoms with van der Waals surface area (Å²) in [5, 5.41) is 13.4. The van der Waals surface area contributed by atoms with Crippen molar-refractivity contribution in [3.05, 3.63) is 69.3 Å². The number of carbonyl (C=O) groups excluding carboxylic acids is 2. The zero-order chi connectivity index (χ0) is 23.4. The topological polar surface area (TPSA) is 113 Å². The van der Waals surface area contributed by atoms with Gasteiger partial charge in [-0.3, -0.25) is 30.6 Å². The molecule has 0 saturated carbocycles. The Morgan fingerprint density at radius 3 is 2.10 bits per heavy atom. The third kappa shape index (κ3) is 6.43. The number of nitro groups is 1. The summed E-state index contributed by atoms with van der Waals surface area (Å²) in [6.07, 6.45) is -4.75. The molecule has 0 atom stereocenters. The van der Waals surface area contributed by atoms with Crippen molar-refractivity contribution in [1.29, 1.82) is 0 Å². The molecule has 11 heteroatoms. The predicted octanol–water partition coefficient (Wildman–Crippen LogP) is 3.78. The van der Waals surface area contributed by atoms with Gasteiger partial charge in [0.2, 0.25) is 0 Å². The summed E-state index contributed by atoms with van der Waals surface area (Å²) in [6, 6.07) is 8.69. The molecule has 2 rings (SSSR count). The van der Waals surface area contributed by atoms with Crippen LogP contribution in [-0.2, 0) is 16.4 Å². The lowest BCUT2D eigenvalue weighted by Crippen LogP contribution is -2.39. The maximum absolute atomic E-state index is 12.7. The van der Waals surface area contributed by atoms with Gasteiger partial charge in [0.15, 0.2) is 0 Å². The van der Waals surface area contributed by atoms with Gasteiger partial charge < -0.3 is 5.32 Å². The summed E-state index contributed by atoms with van der Waals surface area (Å²) in [4.78, 5) is 34.1. The van der Waals surface area contributed by atoms with Gasteiger partial charge in [0.1, 0.15) is 5.69 Å². The summed E-state index contributed by atoms with van der Waals surface area (Å²) in [7, 11) is 0. The molecular formula is C20H21F3N4O4. The summed E-state index contributed by atoms with van der Waals surface area (Å²) >= 11 is 0. The number of amides is 2. The van der Waals surface area contributed by atoms with Crippen LogP contribution >= 0.6 is 0 Å². The first-order valence-corrected chi connectivity index (χ1v) is 9.08. The third-order valence-corrected chi connectivity index (χ3v) is 4.28. The highest BCUT2D eigenvalue weighted by atomic mass is 19.4. The molecule has 0 spiro atoms. The molecule has 3 N–H and O–H groups in total. The van der Waals surface area contributed by atoms with E-state index in [1.165, 1.54) is 0 Å². The quantitative estimate of drug-likeness (QED) is 0.469. The second-order valence-electron chi connectivity index (χ2n) is 7.67. The number of nitro benzene ring substituents is 1. The van der Waals surface area contributed by atoms with E-state index in [1.807, 2.05) is 20.8 Å². The predicted molar refractivity (Wildman–Crippen MR) is 107 cm³/mol. The number of hydrogen-bond acceptors (Lipinski definition) is 5. The van der Waals surface area contributed by atoms with Crippen LogP contribution in [0.1, 0.15) is 42.3 Å². The van der Waals surface area contributed by atoms with Crippen molar-refractivity contribution in [3.8, 4) is 0 Å². The number of nitrogens with zero attached hydrogens (tertiary/aromatic N) is 1. The molecule has 2 aromatic carbocycles. The van der Waals surface area contributed by atoms with Gasteiger partial charge in [-0.15, -0.1) is 0 Å². The fraction of sp³-hybridized carbons (Fsp3) is 0.300. The van der Waals surface area contributed by atoms with Crippen LogP contribution in [0.5, 0.6) is 0 Å². The molecule has 8 nitrogen and oxygen atoms in total. The number of hydrogen-bond donors (Lipinski definition) is 3. The van der Waals surface area contributed by atoms with E-state index in [0.29, 0.717) is 17.7 Å². The van der Waals surface area contributed by atoms with Gasteiger partial charge in [-0.25, -0.2) is 0 Å². The van der Waals surface area contributed by atoms with Gasteiger partial charge in [0.25, 0.3) is 17.5 Å². The van der Waals surface area contributed by atoms with Crippen LogP contribution in [0.2, 0.25) is 0 Å². The molecule has 2 aromatic rings. The van der Waals surface area contributed by atoms with Gasteiger partial charge in [0.05, 0.1) is 17.0 Å². The van der Waals surface area contributed by atoms with Crippen molar-refractivity contribution in [2.45, 2.75) is 32.4 Å². The number of hydrazine groups is 1. The second-order valence-corrected chi connectivity index (χ2v) is 7.67. The first-order chi connectivity index (χ1) is 14.3. The van der Waals surface area contributed by atoms with Crippen LogP contribution in [-0.4, -0.2) is 23.3 Å². The van der Waals surface area contributed by atoms with E-state index in [2.05, 4.69) is 16.2 Å². The van der Waals surface area contributed by atoms with E-state index in [-0.39, 0.29) is 11.1 Å². The minimum Gasteiger partial charge on any atom is -0.343 e. The molecule has 0 aliphatic heterocycles. The highest BCUT2D eigenvalue weighted by Gasteiger charge is 2.33. The Morgan fingerprint density at radius 2 is 1.58 bits per heavy atom. The van der Waals surface area contributed by atoms with E-state index in [1.54, 1.807) is 24.3 Å². The SMILES string of the molecule is CC(C)(C)c1ccc(C(=O)NCC(=O)NNc2ccc(C(F)(F)F)cc2[N+](=O)[O-])cc1. The minimum absolute atomic E-state index is 0.0819. The van der Waals surface area contributed by atoms with E-state index < -0.39 is 40.7 Å². The van der Waals surface area contributed by atoms with E-state index >= 15 is 0 Å². The Morgan fingerprint density at radius 1 is 1.00 bits per heavy atom. The number of anilines is 1. The molecule has 0 saturated heterocycles. The zero-order valence-corrected chi connectivity index (χ0v) is 17.0. The maximum Gasteiger partial charge on any atom is 0.416 e. The van der Waals surface area contributed by atoms with Crippen LogP contribution in [0.25, 0.3) is 0 Å². The summed E-state index contributed by atoms with van der Waals surface area (Å²) in [5.74, 6) is -1.26. The summed E-state index contributed by atoms with van der Waals surface area (Å²) < 4.78 is 38.2. The van der Waals surface area contributed by atoms with Gasteiger partial charge in [0, 0.05) is 11.6 Å². The van der Waals surface area contributed by atoms with Crippen molar-refractivity contribution in [2.75, 3.05) is 12.0 Å². The number of halogens is 3. The minimum atomic E-state index is -4.75. The highest BCUT2D eigenvalue weighted by molar-refractivity contribution is 5.96. The van der Waals surface area contributed by atoms with Crippen molar-refractivity contribution in [2.24, 2.45) is 0 Å². The summed E-state index contributed by atoms with van der Waals surface area (Å²) in [6.45, 7) is 5.63. The Bertz CT molecular complexity index is 983. The van der Waals surface area contributed by atoms with Crippen LogP contribution in [0, 0.1) is 10.1 Å². The molecule has 0 aliphatic rings. The van der Waals surface area contributed by atoms with Gasteiger partial charge in [-0.05, 0) is 35.2 Å². The molecule has 0 aliphatic carbocycles. The smallest absolute Gasteiger partial charge is 0.343 e. The van der Waals surface area contributed by atoms with Crippen LogP contribution in [0.4, 0.5) is 24.5 Å². The Hall–Kier alpha value is -3.63. The van der Waals surface area contributed by atoms with Crippen molar-refractivity contribution < 1.29 is 27.7 Å². The molecule has 0 bridgehead atoms. The molecule has 31 heavy (non-hydrogen) atoms. The average Bonchev–Trinajstić information content (AvgIpc) is 2.68. The van der Waals surface area contributed by atoms with Gasteiger partial charge >= 0.3 is 6.18 Å². The monoisotopic (exact) mass is 438 g/mol. The van der Waals surface area contributed by atoms with Gasteiger partial charge in [-0.1, -0.05) is 32.9 Å². The molecule has 166 valence electrons. The fourth-order valence-electron chi connectivity index (χ4n) is 2.53. The van der Waals surface area contributed by atoms with Crippen LogP contribution < -0.4 is 16.2 Å². The molecule has 0 radical (unpaired) electrons. The number of carbonyl (C=O) groups is 2. The second kappa shape index (κ2) is 9.02. The lowest BCUT2D eigenvalue weighted by Gasteiger charge is -2.19. The highest BCUT2D eigenvalue weighted by Crippen LogP contribution is 2.34. The van der Waals surface area contributed by atoms with Crippen LogP contribution in [0.15, 0.2) is 42.5 Å². The Balaban J connectivity index is 1.95. The molecule has 0 aromatic heterocycles. The van der Waals surface area contributed by atoms with Gasteiger partial charge in [-0.2, -0.15) is 13.2 Å². The number of rotatable bonds is 6. The first-order valence-electron chi connectivity index (χ1n) is 9.08. The normalized spacial score (nSPS) is 11.5. The lowest BCUT2D eigenvalue weighted by atomic mass is 9.87. The molecule has 0 fully saturated rings. The zero-order valence-electron chi connectivity index (χ0n) is 17.0. The Kier molecular flexibility index (Phi) is 6.88. The largest absolute Gasteiger partial charge is 0.416 e. The average molecular weight is 438 g/mol. The molecule has 2 amide bonds. The first kappa shape index (κ1) is 23.6. The third-order valence-electron chi connectivity index (χ3n) is 4.28.